The lowest BCUT2D eigenvalue weighted by Crippen LogP contribution is -2.38. The van der Waals surface area contributed by atoms with E-state index < -0.39 is 17.5 Å². The minimum atomic E-state index is -4.89. The molecule has 0 aliphatic carbocycles. The van der Waals surface area contributed by atoms with Crippen molar-refractivity contribution >= 4 is 34.3 Å². The minimum absolute atomic E-state index is 0.0479. The number of nitrogen functional groups attached to an aromatic ring is 1. The second kappa shape index (κ2) is 6.25. The van der Waals surface area contributed by atoms with E-state index in [0.29, 0.717) is 15.1 Å². The van der Waals surface area contributed by atoms with Gasteiger partial charge < -0.3 is 5.73 Å². The molecule has 3 aromatic rings. The fourth-order valence-electron chi connectivity index (χ4n) is 2.25. The van der Waals surface area contributed by atoms with E-state index in [1.165, 1.54) is 12.1 Å². The van der Waals surface area contributed by atoms with Gasteiger partial charge in [-0.05, 0) is 30.3 Å². The highest BCUT2D eigenvalue weighted by molar-refractivity contribution is 7.99. The number of nitrogens with one attached hydrogen (secondary N) is 2. The van der Waals surface area contributed by atoms with Crippen molar-refractivity contribution in [3.8, 4) is 0 Å². The van der Waals surface area contributed by atoms with Crippen molar-refractivity contribution in [1.82, 2.24) is 9.55 Å². The standard InChI is InChI=1S/C16H12F3N5S/c17-16(18,19)15(22)24-12-7-2-1-6-11(12)23-14(13(24)21)25-10-5-3-4-9(20)8-10/h1-8,21-22H,20H2. The van der Waals surface area contributed by atoms with Gasteiger partial charge in [-0.2, -0.15) is 13.2 Å². The Morgan fingerprint density at radius 2 is 1.84 bits per heavy atom. The summed E-state index contributed by atoms with van der Waals surface area (Å²) < 4.78 is 39.8. The Morgan fingerprint density at radius 1 is 1.12 bits per heavy atom. The molecule has 4 N–H and O–H groups in total. The van der Waals surface area contributed by atoms with Gasteiger partial charge in [-0.15, -0.1) is 0 Å². The van der Waals surface area contributed by atoms with Crippen LogP contribution in [0.1, 0.15) is 0 Å². The fourth-order valence-corrected chi connectivity index (χ4v) is 3.14. The third-order valence-corrected chi connectivity index (χ3v) is 4.30. The molecule has 0 aliphatic rings. The van der Waals surface area contributed by atoms with Crippen LogP contribution in [0.2, 0.25) is 0 Å². The van der Waals surface area contributed by atoms with Crippen LogP contribution in [-0.2, 0) is 0 Å². The predicted octanol–water partition coefficient (Wildman–Crippen LogP) is 3.64. The van der Waals surface area contributed by atoms with Gasteiger partial charge in [-0.25, -0.2) is 4.98 Å². The van der Waals surface area contributed by atoms with Gasteiger partial charge in [0.15, 0.2) is 5.49 Å². The van der Waals surface area contributed by atoms with Crippen molar-refractivity contribution in [3.63, 3.8) is 0 Å². The van der Waals surface area contributed by atoms with E-state index in [1.54, 1.807) is 36.4 Å². The summed E-state index contributed by atoms with van der Waals surface area (Å²) >= 11 is 1.02. The van der Waals surface area contributed by atoms with Crippen molar-refractivity contribution in [2.24, 2.45) is 0 Å². The van der Waals surface area contributed by atoms with Gasteiger partial charge in [0.25, 0.3) is 0 Å². The van der Waals surface area contributed by atoms with E-state index in [0.717, 1.165) is 11.8 Å². The van der Waals surface area contributed by atoms with Gasteiger partial charge in [0, 0.05) is 10.6 Å². The molecule has 3 rings (SSSR count). The number of aromatic nitrogens is 2. The molecule has 0 unspecified atom stereocenters. The topological polar surface area (TPSA) is 91.5 Å². The maximum atomic E-state index is 13.1. The number of hydrogen-bond donors (Lipinski definition) is 3. The number of halogens is 3. The number of rotatable bonds is 2. The van der Waals surface area contributed by atoms with Crippen LogP contribution in [0, 0.1) is 10.8 Å². The van der Waals surface area contributed by atoms with Gasteiger partial charge in [0.05, 0.1) is 11.0 Å². The van der Waals surface area contributed by atoms with Crippen LogP contribution in [0.4, 0.5) is 18.9 Å². The molecule has 0 atom stereocenters. The number of benzene rings is 2. The highest BCUT2D eigenvalue weighted by Gasteiger charge is 2.37. The van der Waals surface area contributed by atoms with Gasteiger partial charge in [0.1, 0.15) is 5.03 Å². The van der Waals surface area contributed by atoms with Gasteiger partial charge in [-0.3, -0.25) is 15.4 Å². The zero-order valence-corrected chi connectivity index (χ0v) is 13.4. The molecule has 128 valence electrons. The quantitative estimate of drug-likeness (QED) is 0.369. The summed E-state index contributed by atoms with van der Waals surface area (Å²) in [6.07, 6.45) is -4.89. The molecule has 5 nitrogen and oxygen atoms in total. The maximum absolute atomic E-state index is 13.1. The minimum Gasteiger partial charge on any atom is -0.399 e. The number of hydrogen-bond acceptors (Lipinski definition) is 5. The summed E-state index contributed by atoms with van der Waals surface area (Å²) in [6.45, 7) is 0. The van der Waals surface area contributed by atoms with Crippen LogP contribution < -0.4 is 11.2 Å². The largest absolute Gasteiger partial charge is 0.449 e. The second-order valence-corrected chi connectivity index (χ2v) is 6.17. The Hall–Kier alpha value is -2.81. The Kier molecular flexibility index (Phi) is 4.25. The summed E-state index contributed by atoms with van der Waals surface area (Å²) in [4.78, 5) is 4.91. The Bertz CT molecular complexity index is 1030. The Balaban J connectivity index is 2.22. The van der Waals surface area contributed by atoms with E-state index in [4.69, 9.17) is 16.6 Å². The number of para-hydroxylation sites is 2. The van der Waals surface area contributed by atoms with Crippen LogP contribution in [0.15, 0.2) is 58.5 Å². The van der Waals surface area contributed by atoms with Gasteiger partial charge >= 0.3 is 6.18 Å². The first-order valence-corrected chi connectivity index (χ1v) is 7.85. The van der Waals surface area contributed by atoms with E-state index in [2.05, 4.69) is 4.98 Å². The number of anilines is 1. The number of fused-ring (bicyclic) bond motifs is 1. The van der Waals surface area contributed by atoms with Crippen LogP contribution in [0.25, 0.3) is 11.0 Å². The molecular formula is C16H12F3N5S. The molecule has 0 spiro atoms. The highest BCUT2D eigenvalue weighted by atomic mass is 32.2. The molecule has 0 radical (unpaired) electrons. The molecule has 0 saturated carbocycles. The van der Waals surface area contributed by atoms with Crippen molar-refractivity contribution in [3.05, 3.63) is 54.0 Å². The first-order chi connectivity index (χ1) is 11.8. The molecule has 0 bridgehead atoms. The lowest BCUT2D eigenvalue weighted by Gasteiger charge is -2.16. The van der Waals surface area contributed by atoms with Crippen LogP contribution in [-0.4, -0.2) is 21.6 Å². The van der Waals surface area contributed by atoms with Gasteiger partial charge in [0.2, 0.25) is 5.84 Å². The second-order valence-electron chi connectivity index (χ2n) is 5.11. The number of nitrogens with two attached hydrogens (primary N) is 1. The fraction of sp³-hybridized carbons (Fsp3) is 0.0625. The summed E-state index contributed by atoms with van der Waals surface area (Å²) in [5.74, 6) is -1.63. The van der Waals surface area contributed by atoms with Gasteiger partial charge in [-0.1, -0.05) is 30.0 Å². The third-order valence-electron chi connectivity index (χ3n) is 3.34. The average molecular weight is 363 g/mol. The Morgan fingerprint density at radius 3 is 2.52 bits per heavy atom. The molecule has 9 heteroatoms. The highest BCUT2D eigenvalue weighted by Crippen LogP contribution is 2.27. The first kappa shape index (κ1) is 17.0. The molecule has 1 heterocycles. The van der Waals surface area contributed by atoms with Crippen molar-refractivity contribution in [2.75, 3.05) is 5.73 Å². The number of alkyl halides is 3. The van der Waals surface area contributed by atoms with Crippen LogP contribution in [0.5, 0.6) is 0 Å². The molecule has 25 heavy (non-hydrogen) atoms. The van der Waals surface area contributed by atoms with E-state index in [9.17, 15) is 13.2 Å². The molecule has 0 amide bonds. The average Bonchev–Trinajstić information content (AvgIpc) is 2.54. The van der Waals surface area contributed by atoms with Crippen molar-refractivity contribution in [1.29, 1.82) is 10.8 Å². The third kappa shape index (κ3) is 3.36. The number of nitrogens with zero attached hydrogens (tertiary/aromatic N) is 2. The lowest BCUT2D eigenvalue weighted by atomic mass is 10.3. The summed E-state index contributed by atoms with van der Waals surface area (Å²) in [6, 6.07) is 12.8. The van der Waals surface area contributed by atoms with Crippen molar-refractivity contribution in [2.45, 2.75) is 16.1 Å². The summed E-state index contributed by atoms with van der Waals surface area (Å²) in [5.41, 5.74) is 6.01. The van der Waals surface area contributed by atoms with E-state index in [1.807, 2.05) is 0 Å². The molecule has 1 aromatic heterocycles. The SMILES string of the molecule is N=C(n1c(=N)c(Sc2cccc(N)c2)nc2ccccc21)C(F)(F)F. The monoisotopic (exact) mass is 363 g/mol. The maximum Gasteiger partial charge on any atom is 0.449 e. The zero-order chi connectivity index (χ0) is 18.2. The van der Waals surface area contributed by atoms with E-state index >= 15 is 0 Å². The molecule has 0 saturated heterocycles. The van der Waals surface area contributed by atoms with Crippen LogP contribution >= 0.6 is 11.8 Å². The molecule has 2 aromatic carbocycles. The first-order valence-electron chi connectivity index (χ1n) is 7.03. The molecule has 0 aliphatic heterocycles. The smallest absolute Gasteiger partial charge is 0.399 e. The lowest BCUT2D eigenvalue weighted by molar-refractivity contribution is -0.0624. The summed E-state index contributed by atoms with van der Waals surface area (Å²) in [7, 11) is 0. The van der Waals surface area contributed by atoms with Crippen molar-refractivity contribution < 1.29 is 13.2 Å². The molecule has 0 fully saturated rings. The summed E-state index contributed by atoms with van der Waals surface area (Å²) in [5, 5.41) is 15.7. The predicted molar refractivity (Wildman–Crippen MR) is 89.7 cm³/mol. The Labute approximate surface area is 144 Å². The van der Waals surface area contributed by atoms with E-state index in [-0.39, 0.29) is 16.1 Å². The zero-order valence-electron chi connectivity index (χ0n) is 12.6. The van der Waals surface area contributed by atoms with Crippen LogP contribution in [0.3, 0.4) is 0 Å². The normalized spacial score (nSPS) is 11.6. The molecular weight excluding hydrogens is 351 g/mol.